The number of hydrogen-bond acceptors (Lipinski definition) is 2. The van der Waals surface area contributed by atoms with E-state index in [9.17, 15) is 0 Å². The van der Waals surface area contributed by atoms with Crippen LogP contribution in [0.5, 0.6) is 0 Å². The predicted octanol–water partition coefficient (Wildman–Crippen LogP) is 16.0. The normalized spacial score (nSPS) is 12.1. The van der Waals surface area contributed by atoms with Gasteiger partial charge in [0, 0.05) is 63.9 Å². The van der Waals surface area contributed by atoms with E-state index in [4.69, 9.17) is 0 Å². The van der Waals surface area contributed by atoms with Gasteiger partial charge in [-0.15, -0.1) is 22.7 Å². The van der Waals surface area contributed by atoms with Gasteiger partial charge in [0.25, 0.3) is 0 Å². The summed E-state index contributed by atoms with van der Waals surface area (Å²) in [4.78, 5) is 0. The van der Waals surface area contributed by atoms with Gasteiger partial charge in [0.1, 0.15) is 0 Å². The molecule has 4 heteroatoms. The maximum absolute atomic E-state index is 2.42. The molecule has 0 spiro atoms. The first kappa shape index (κ1) is 32.1. The highest BCUT2D eigenvalue weighted by molar-refractivity contribution is 7.33. The Morgan fingerprint density at radius 2 is 0.707 bits per heavy atom. The highest BCUT2D eigenvalue weighted by Crippen LogP contribution is 2.46. The molecule has 9 aromatic carbocycles. The Morgan fingerprint density at radius 1 is 0.259 bits per heavy atom. The van der Waals surface area contributed by atoms with Crippen molar-refractivity contribution in [3.05, 3.63) is 194 Å². The van der Waals surface area contributed by atoms with Crippen LogP contribution in [0.2, 0.25) is 0 Å². The lowest BCUT2D eigenvalue weighted by atomic mass is 9.99. The number of benzene rings is 9. The lowest BCUT2D eigenvalue weighted by Crippen LogP contribution is -1.93. The third kappa shape index (κ3) is 4.64. The first-order valence-corrected chi connectivity index (χ1v) is 21.4. The molecule has 0 bridgehead atoms. The Hall–Kier alpha value is -6.98. The van der Waals surface area contributed by atoms with Gasteiger partial charge >= 0.3 is 0 Å². The summed E-state index contributed by atoms with van der Waals surface area (Å²) in [5.74, 6) is 0. The molecule has 0 N–H and O–H groups in total. The van der Waals surface area contributed by atoms with E-state index in [1.54, 1.807) is 0 Å². The zero-order valence-electron chi connectivity index (χ0n) is 31.2. The fraction of sp³-hybridized carbons (Fsp3) is 0. The van der Waals surface area contributed by atoms with E-state index in [-0.39, 0.29) is 0 Å². The minimum Gasteiger partial charge on any atom is -0.309 e. The van der Waals surface area contributed by atoms with Gasteiger partial charge in [-0.05, 0) is 101 Å². The summed E-state index contributed by atoms with van der Waals surface area (Å²) in [5, 5.41) is 10.4. The van der Waals surface area contributed by atoms with Crippen LogP contribution >= 0.6 is 22.7 Å². The number of thiophene rings is 2. The molecule has 58 heavy (non-hydrogen) atoms. The van der Waals surface area contributed by atoms with Gasteiger partial charge in [0.15, 0.2) is 0 Å². The Kier molecular flexibility index (Phi) is 6.79. The molecule has 0 saturated heterocycles. The molecule has 13 aromatic rings. The molecule has 13 rings (SSSR count). The smallest absolute Gasteiger partial charge is 0.0541 e. The van der Waals surface area contributed by atoms with Gasteiger partial charge in [-0.2, -0.15) is 0 Å². The largest absolute Gasteiger partial charge is 0.309 e. The summed E-state index contributed by atoms with van der Waals surface area (Å²) < 4.78 is 10.2. The van der Waals surface area contributed by atoms with Gasteiger partial charge in [-0.25, -0.2) is 0 Å². The second kappa shape index (κ2) is 12.3. The van der Waals surface area contributed by atoms with Gasteiger partial charge in [0.05, 0.1) is 31.5 Å². The molecule has 0 saturated carbocycles. The average molecular weight is 773 g/mol. The van der Waals surface area contributed by atoms with Crippen LogP contribution in [0.4, 0.5) is 0 Å². The van der Waals surface area contributed by atoms with Crippen LogP contribution in [-0.4, -0.2) is 9.13 Å². The molecule has 0 atom stereocenters. The quantitative estimate of drug-likeness (QED) is 0.169. The van der Waals surface area contributed by atoms with E-state index in [1.807, 2.05) is 22.7 Å². The monoisotopic (exact) mass is 772 g/mol. The van der Waals surface area contributed by atoms with Crippen molar-refractivity contribution in [1.29, 1.82) is 0 Å². The molecule has 0 aliphatic carbocycles. The summed E-state index contributed by atoms with van der Waals surface area (Å²) in [5.41, 5.74) is 12.2. The predicted molar refractivity (Wildman–Crippen MR) is 252 cm³/mol. The zero-order valence-corrected chi connectivity index (χ0v) is 32.8. The first-order valence-electron chi connectivity index (χ1n) is 19.7. The molecule has 2 nitrogen and oxygen atoms in total. The Balaban J connectivity index is 0.960. The van der Waals surface area contributed by atoms with Crippen molar-refractivity contribution < 1.29 is 0 Å². The molecular weight excluding hydrogens is 741 g/mol. The summed E-state index contributed by atoms with van der Waals surface area (Å²) in [6.07, 6.45) is 0. The van der Waals surface area contributed by atoms with Crippen molar-refractivity contribution in [2.24, 2.45) is 0 Å². The molecule has 0 aliphatic rings. The standard InChI is InChI=1S/C54H32N2S2/c1-3-11-33(12-4-1)34-19-25-49-43(29-34)44-30-35(20-26-50(44)55(49)37-13-5-2-6-14-37)36-21-27-51-45(31-36)41-23-24-42-46-32-38(22-28-52(46)58-54(42)53(41)57-51)56-47-17-9-7-15-39(47)40-16-8-10-18-48(40)56/h1-32H. The second-order valence-corrected chi connectivity index (χ2v) is 17.4. The molecular formula is C54H32N2S2. The highest BCUT2D eigenvalue weighted by Gasteiger charge is 2.18. The van der Waals surface area contributed by atoms with Gasteiger partial charge in [-0.1, -0.05) is 115 Å². The number of fused-ring (bicyclic) bond motifs is 13. The van der Waals surface area contributed by atoms with Crippen molar-refractivity contribution in [3.63, 3.8) is 0 Å². The van der Waals surface area contributed by atoms with Crippen molar-refractivity contribution in [2.45, 2.75) is 0 Å². The van der Waals surface area contributed by atoms with Crippen molar-refractivity contribution in [2.75, 3.05) is 0 Å². The van der Waals surface area contributed by atoms with E-state index in [1.165, 1.54) is 118 Å². The molecule has 0 aliphatic heterocycles. The highest BCUT2D eigenvalue weighted by atomic mass is 32.1. The van der Waals surface area contributed by atoms with Crippen molar-refractivity contribution in [3.8, 4) is 33.6 Å². The first-order chi connectivity index (χ1) is 28.7. The number of nitrogens with zero attached hydrogens (tertiary/aromatic N) is 2. The zero-order chi connectivity index (χ0) is 37.9. The van der Waals surface area contributed by atoms with Crippen LogP contribution in [0.1, 0.15) is 0 Å². The van der Waals surface area contributed by atoms with Crippen LogP contribution in [0.15, 0.2) is 194 Å². The van der Waals surface area contributed by atoms with E-state index in [2.05, 4.69) is 203 Å². The molecule has 0 radical (unpaired) electrons. The van der Waals surface area contributed by atoms with Crippen LogP contribution in [0.3, 0.4) is 0 Å². The fourth-order valence-electron chi connectivity index (χ4n) is 9.44. The summed E-state index contributed by atoms with van der Waals surface area (Å²) in [7, 11) is 0. The van der Waals surface area contributed by atoms with Crippen LogP contribution < -0.4 is 0 Å². The van der Waals surface area contributed by atoms with Crippen molar-refractivity contribution >= 4 is 107 Å². The van der Waals surface area contributed by atoms with Crippen LogP contribution in [-0.2, 0) is 0 Å². The van der Waals surface area contributed by atoms with Gasteiger partial charge in [-0.3, -0.25) is 0 Å². The third-order valence-corrected chi connectivity index (χ3v) is 14.7. The third-order valence-electron chi connectivity index (χ3n) is 12.1. The average Bonchev–Trinajstić information content (AvgIpc) is 4.04. The van der Waals surface area contributed by atoms with Crippen LogP contribution in [0, 0.1) is 0 Å². The molecule has 4 aromatic heterocycles. The SMILES string of the molecule is c1ccc(-c2ccc3c(c2)c2cc(-c4ccc5sc6c(ccc7c8cc(-n9c%10ccccc%10c%10ccccc%109)ccc8sc76)c5c4)ccc2n3-c2ccccc2)cc1. The maximum Gasteiger partial charge on any atom is 0.0541 e. The maximum atomic E-state index is 2.42. The summed E-state index contributed by atoms with van der Waals surface area (Å²) >= 11 is 3.84. The minimum absolute atomic E-state index is 1.17. The lowest BCUT2D eigenvalue weighted by molar-refractivity contribution is 1.18. The van der Waals surface area contributed by atoms with Crippen LogP contribution in [0.25, 0.3) is 118 Å². The molecule has 0 amide bonds. The lowest BCUT2D eigenvalue weighted by Gasteiger charge is -2.08. The second-order valence-electron chi connectivity index (χ2n) is 15.3. The Bertz CT molecular complexity index is 3730. The Labute approximate surface area is 341 Å². The number of rotatable bonds is 4. The molecule has 4 heterocycles. The Morgan fingerprint density at radius 3 is 1.33 bits per heavy atom. The topological polar surface area (TPSA) is 9.86 Å². The van der Waals surface area contributed by atoms with E-state index in [0.29, 0.717) is 0 Å². The van der Waals surface area contributed by atoms with Gasteiger partial charge < -0.3 is 9.13 Å². The molecule has 270 valence electrons. The fourth-order valence-corrected chi connectivity index (χ4v) is 11.9. The summed E-state index contributed by atoms with van der Waals surface area (Å²) in [6.45, 7) is 0. The summed E-state index contributed by atoms with van der Waals surface area (Å²) in [6, 6.07) is 71.7. The number of hydrogen-bond donors (Lipinski definition) is 0. The van der Waals surface area contributed by atoms with E-state index >= 15 is 0 Å². The van der Waals surface area contributed by atoms with E-state index in [0.717, 1.165) is 0 Å². The van der Waals surface area contributed by atoms with Crippen molar-refractivity contribution in [1.82, 2.24) is 9.13 Å². The van der Waals surface area contributed by atoms with E-state index < -0.39 is 0 Å². The molecule has 0 unspecified atom stereocenters. The molecule has 0 fully saturated rings. The number of aromatic nitrogens is 2. The number of para-hydroxylation sites is 3. The van der Waals surface area contributed by atoms with Gasteiger partial charge in [0.2, 0.25) is 0 Å². The minimum atomic E-state index is 1.17.